The zero-order valence-corrected chi connectivity index (χ0v) is 17.3. The van der Waals surface area contributed by atoms with Crippen molar-refractivity contribution in [1.29, 1.82) is 0 Å². The number of nitrogens with one attached hydrogen (secondary N) is 1. The minimum absolute atomic E-state index is 0.174. The summed E-state index contributed by atoms with van der Waals surface area (Å²) in [5.41, 5.74) is 1.89. The maximum Gasteiger partial charge on any atom is 0.267 e. The Balaban J connectivity index is 1.85. The van der Waals surface area contributed by atoms with E-state index in [-0.39, 0.29) is 10.8 Å². The summed E-state index contributed by atoms with van der Waals surface area (Å²) >= 11 is 1.18. The molecule has 3 aromatic rings. The van der Waals surface area contributed by atoms with Crippen LogP contribution >= 0.6 is 11.3 Å². The van der Waals surface area contributed by atoms with Crippen molar-refractivity contribution in [2.45, 2.75) is 11.8 Å². The van der Waals surface area contributed by atoms with Gasteiger partial charge in [-0.05, 0) is 54.8 Å². The lowest BCUT2D eigenvalue weighted by Gasteiger charge is -2.20. The fourth-order valence-electron chi connectivity index (χ4n) is 2.58. The highest BCUT2D eigenvalue weighted by molar-refractivity contribution is 7.92. The molecule has 0 unspecified atom stereocenters. The van der Waals surface area contributed by atoms with Crippen molar-refractivity contribution in [2.24, 2.45) is 0 Å². The number of hydrogen-bond acceptors (Lipinski definition) is 5. The van der Waals surface area contributed by atoms with Crippen molar-refractivity contribution in [1.82, 2.24) is 0 Å². The van der Waals surface area contributed by atoms with E-state index in [2.05, 4.69) is 5.32 Å². The molecule has 0 saturated heterocycles. The molecule has 146 valence electrons. The van der Waals surface area contributed by atoms with Crippen LogP contribution in [0.2, 0.25) is 0 Å². The first-order valence-corrected chi connectivity index (χ1v) is 10.7. The highest BCUT2D eigenvalue weighted by Crippen LogP contribution is 2.30. The second kappa shape index (κ2) is 8.04. The van der Waals surface area contributed by atoms with Crippen LogP contribution in [0.5, 0.6) is 5.75 Å². The number of benzene rings is 2. The van der Waals surface area contributed by atoms with Gasteiger partial charge in [0, 0.05) is 12.7 Å². The van der Waals surface area contributed by atoms with Crippen molar-refractivity contribution >= 4 is 38.6 Å². The number of anilines is 2. The standard InChI is InChI=1S/C20H20N2O4S2/c1-14-4-10-17(11-5-14)28(24,25)22(2)18-12-13-27-19(18)20(23)21-15-6-8-16(26-3)9-7-15/h4-13H,1-3H3,(H,21,23). The molecule has 1 amide bonds. The van der Waals surface area contributed by atoms with Crippen LogP contribution in [0.3, 0.4) is 0 Å². The molecule has 6 nitrogen and oxygen atoms in total. The fraction of sp³-hybridized carbons (Fsp3) is 0.150. The second-order valence-corrected chi connectivity index (χ2v) is 8.99. The lowest BCUT2D eigenvalue weighted by Crippen LogP contribution is -2.28. The van der Waals surface area contributed by atoms with E-state index in [0.717, 1.165) is 9.87 Å². The van der Waals surface area contributed by atoms with Gasteiger partial charge in [0.15, 0.2) is 0 Å². The third kappa shape index (κ3) is 4.02. The number of ether oxygens (including phenoxy) is 1. The Morgan fingerprint density at radius 3 is 2.29 bits per heavy atom. The number of sulfonamides is 1. The molecule has 1 N–H and O–H groups in total. The minimum atomic E-state index is -3.77. The van der Waals surface area contributed by atoms with Gasteiger partial charge in [-0.15, -0.1) is 11.3 Å². The second-order valence-electron chi connectivity index (χ2n) is 6.10. The van der Waals surface area contributed by atoms with Crippen LogP contribution in [0.4, 0.5) is 11.4 Å². The third-order valence-electron chi connectivity index (χ3n) is 4.22. The van der Waals surface area contributed by atoms with E-state index in [1.165, 1.54) is 18.4 Å². The number of aryl methyl sites for hydroxylation is 1. The Bertz CT molecular complexity index is 1070. The van der Waals surface area contributed by atoms with Crippen LogP contribution in [0.1, 0.15) is 15.2 Å². The number of thiophene rings is 1. The number of carbonyl (C=O) groups excluding carboxylic acids is 1. The maximum absolute atomic E-state index is 12.9. The molecule has 1 aromatic heterocycles. The van der Waals surface area contributed by atoms with Gasteiger partial charge in [-0.25, -0.2) is 8.42 Å². The molecule has 8 heteroatoms. The van der Waals surface area contributed by atoms with Gasteiger partial charge in [0.1, 0.15) is 10.6 Å². The van der Waals surface area contributed by atoms with E-state index in [1.54, 1.807) is 67.1 Å². The molecular formula is C20H20N2O4S2. The average Bonchev–Trinajstić information content (AvgIpc) is 3.18. The first-order valence-electron chi connectivity index (χ1n) is 8.41. The molecular weight excluding hydrogens is 396 g/mol. The van der Waals surface area contributed by atoms with Crippen molar-refractivity contribution in [3.8, 4) is 5.75 Å². The topological polar surface area (TPSA) is 75.7 Å². The Morgan fingerprint density at radius 1 is 1.04 bits per heavy atom. The normalized spacial score (nSPS) is 11.1. The van der Waals surface area contributed by atoms with E-state index in [9.17, 15) is 13.2 Å². The van der Waals surface area contributed by atoms with Crippen LogP contribution in [-0.2, 0) is 10.0 Å². The average molecular weight is 417 g/mol. The van der Waals surface area contributed by atoms with Crippen molar-refractivity contribution < 1.29 is 17.9 Å². The summed E-state index contributed by atoms with van der Waals surface area (Å²) in [6, 6.07) is 15.1. The Hall–Kier alpha value is -2.84. The monoisotopic (exact) mass is 416 g/mol. The van der Waals surface area contributed by atoms with Crippen molar-refractivity contribution in [2.75, 3.05) is 23.8 Å². The van der Waals surface area contributed by atoms with Gasteiger partial charge in [-0.3, -0.25) is 9.10 Å². The number of hydrogen-bond donors (Lipinski definition) is 1. The molecule has 0 bridgehead atoms. The van der Waals surface area contributed by atoms with Gasteiger partial charge in [0.25, 0.3) is 15.9 Å². The Kier molecular flexibility index (Phi) is 5.71. The zero-order valence-electron chi connectivity index (χ0n) is 15.7. The first kappa shape index (κ1) is 19.9. The maximum atomic E-state index is 12.9. The number of amides is 1. The molecule has 0 aliphatic rings. The summed E-state index contributed by atoms with van der Waals surface area (Å²) in [6.45, 7) is 1.89. The highest BCUT2D eigenvalue weighted by atomic mass is 32.2. The van der Waals surface area contributed by atoms with Crippen LogP contribution in [0, 0.1) is 6.92 Å². The van der Waals surface area contributed by atoms with E-state index >= 15 is 0 Å². The molecule has 0 fully saturated rings. The summed E-state index contributed by atoms with van der Waals surface area (Å²) in [7, 11) is -0.762. The zero-order chi connectivity index (χ0) is 20.3. The van der Waals surface area contributed by atoms with Crippen LogP contribution < -0.4 is 14.4 Å². The summed E-state index contributed by atoms with van der Waals surface area (Å²) in [5.74, 6) is 0.305. The minimum Gasteiger partial charge on any atom is -0.497 e. The van der Waals surface area contributed by atoms with Crippen molar-refractivity contribution in [3.05, 3.63) is 70.4 Å². The van der Waals surface area contributed by atoms with Gasteiger partial charge in [-0.1, -0.05) is 17.7 Å². The molecule has 3 rings (SSSR count). The van der Waals surface area contributed by atoms with E-state index in [1.807, 2.05) is 6.92 Å². The smallest absolute Gasteiger partial charge is 0.267 e. The van der Waals surface area contributed by atoms with Gasteiger partial charge in [0.05, 0.1) is 17.7 Å². The van der Waals surface area contributed by atoms with Crippen molar-refractivity contribution in [3.63, 3.8) is 0 Å². The lowest BCUT2D eigenvalue weighted by atomic mass is 10.2. The SMILES string of the molecule is COc1ccc(NC(=O)c2sccc2N(C)S(=O)(=O)c2ccc(C)cc2)cc1. The summed E-state index contributed by atoms with van der Waals surface area (Å²) in [4.78, 5) is 13.2. The largest absolute Gasteiger partial charge is 0.497 e. The molecule has 0 spiro atoms. The quantitative estimate of drug-likeness (QED) is 0.655. The Labute approximate surface area is 168 Å². The molecule has 2 aromatic carbocycles. The lowest BCUT2D eigenvalue weighted by molar-refractivity contribution is 0.103. The molecule has 0 atom stereocenters. The fourth-order valence-corrected chi connectivity index (χ4v) is 4.66. The Morgan fingerprint density at radius 2 is 1.68 bits per heavy atom. The van der Waals surface area contributed by atoms with Crippen LogP contribution in [0.15, 0.2) is 64.9 Å². The number of carbonyl (C=O) groups is 1. The predicted octanol–water partition coefficient (Wildman–Crippen LogP) is 4.14. The highest BCUT2D eigenvalue weighted by Gasteiger charge is 2.26. The van der Waals surface area contributed by atoms with E-state index in [4.69, 9.17) is 4.74 Å². The predicted molar refractivity (Wildman–Crippen MR) is 112 cm³/mol. The van der Waals surface area contributed by atoms with Gasteiger partial charge < -0.3 is 10.1 Å². The van der Waals surface area contributed by atoms with E-state index in [0.29, 0.717) is 22.0 Å². The number of rotatable bonds is 6. The summed E-state index contributed by atoms with van der Waals surface area (Å²) in [5, 5.41) is 4.48. The van der Waals surface area contributed by atoms with Crippen LogP contribution in [0.25, 0.3) is 0 Å². The first-order chi connectivity index (χ1) is 13.3. The van der Waals surface area contributed by atoms with Crippen LogP contribution in [-0.4, -0.2) is 28.5 Å². The number of methoxy groups -OCH3 is 1. The molecule has 0 saturated carbocycles. The molecule has 0 aliphatic heterocycles. The third-order valence-corrected chi connectivity index (χ3v) is 6.91. The van der Waals surface area contributed by atoms with Gasteiger partial charge in [0.2, 0.25) is 0 Å². The summed E-state index contributed by atoms with van der Waals surface area (Å²) in [6.07, 6.45) is 0. The molecule has 0 radical (unpaired) electrons. The number of nitrogens with zero attached hydrogens (tertiary/aromatic N) is 1. The molecule has 0 aliphatic carbocycles. The van der Waals surface area contributed by atoms with Gasteiger partial charge in [-0.2, -0.15) is 0 Å². The van der Waals surface area contributed by atoms with Gasteiger partial charge >= 0.3 is 0 Å². The molecule has 28 heavy (non-hydrogen) atoms. The summed E-state index contributed by atoms with van der Waals surface area (Å²) < 4.78 is 32.1. The van der Waals surface area contributed by atoms with E-state index < -0.39 is 10.0 Å². The molecule has 1 heterocycles.